The van der Waals surface area contributed by atoms with E-state index in [1.165, 1.54) is 13.2 Å². The highest BCUT2D eigenvalue weighted by molar-refractivity contribution is 5.89. The van der Waals surface area contributed by atoms with Gasteiger partial charge in [0.15, 0.2) is 0 Å². The van der Waals surface area contributed by atoms with E-state index in [0.717, 1.165) is 0 Å². The van der Waals surface area contributed by atoms with Crippen LogP contribution in [0.1, 0.15) is 12.7 Å². The second-order valence-electron chi connectivity index (χ2n) is 5.12. The van der Waals surface area contributed by atoms with Gasteiger partial charge in [0, 0.05) is 11.8 Å². The second-order valence-corrected chi connectivity index (χ2v) is 5.12. The monoisotopic (exact) mass is 322 g/mol. The van der Waals surface area contributed by atoms with E-state index in [-0.39, 0.29) is 13.2 Å². The SMILES string of the molecule is CC(O)(CNC(=O)Nc1cccc(OCCF)c1)c1ccco1. The lowest BCUT2D eigenvalue weighted by molar-refractivity contribution is 0.0372. The molecule has 3 N–H and O–H groups in total. The lowest BCUT2D eigenvalue weighted by Gasteiger charge is -2.21. The molecule has 23 heavy (non-hydrogen) atoms. The lowest BCUT2D eigenvalue weighted by atomic mass is 10.0. The number of rotatable bonds is 7. The van der Waals surface area contributed by atoms with E-state index in [1.54, 1.807) is 36.4 Å². The minimum Gasteiger partial charge on any atom is -0.491 e. The van der Waals surface area contributed by atoms with Gasteiger partial charge in [0.05, 0.1) is 12.8 Å². The molecule has 1 aromatic heterocycles. The number of carbonyl (C=O) groups excluding carboxylic acids is 1. The topological polar surface area (TPSA) is 83.7 Å². The molecule has 0 aliphatic heterocycles. The van der Waals surface area contributed by atoms with Gasteiger partial charge in [0.25, 0.3) is 0 Å². The van der Waals surface area contributed by atoms with Gasteiger partial charge in [0.2, 0.25) is 0 Å². The summed E-state index contributed by atoms with van der Waals surface area (Å²) < 4.78 is 22.4. The summed E-state index contributed by atoms with van der Waals surface area (Å²) in [6.45, 7) is 0.892. The van der Waals surface area contributed by atoms with Crippen molar-refractivity contribution in [2.24, 2.45) is 0 Å². The number of alkyl halides is 1. The summed E-state index contributed by atoms with van der Waals surface area (Å²) >= 11 is 0. The maximum atomic E-state index is 12.1. The zero-order valence-corrected chi connectivity index (χ0v) is 12.7. The van der Waals surface area contributed by atoms with Gasteiger partial charge in [-0.1, -0.05) is 6.07 Å². The van der Waals surface area contributed by atoms with Crippen molar-refractivity contribution >= 4 is 11.7 Å². The Morgan fingerprint density at radius 3 is 2.91 bits per heavy atom. The number of halogens is 1. The molecule has 1 atom stereocenters. The van der Waals surface area contributed by atoms with Crippen LogP contribution in [0.5, 0.6) is 5.75 Å². The van der Waals surface area contributed by atoms with Crippen molar-refractivity contribution in [3.8, 4) is 5.75 Å². The van der Waals surface area contributed by atoms with Crippen LogP contribution in [0.4, 0.5) is 14.9 Å². The first-order valence-electron chi connectivity index (χ1n) is 7.11. The van der Waals surface area contributed by atoms with Gasteiger partial charge in [-0.2, -0.15) is 0 Å². The molecular formula is C16H19FN2O4. The fraction of sp³-hybridized carbons (Fsp3) is 0.312. The maximum absolute atomic E-state index is 12.1. The van der Waals surface area contributed by atoms with Gasteiger partial charge < -0.3 is 24.9 Å². The number of aliphatic hydroxyl groups is 1. The Hall–Kier alpha value is -2.54. The van der Waals surface area contributed by atoms with Crippen LogP contribution in [0.15, 0.2) is 47.1 Å². The lowest BCUT2D eigenvalue weighted by Crippen LogP contribution is -2.40. The molecule has 1 unspecified atom stereocenters. The predicted molar refractivity (Wildman–Crippen MR) is 83.2 cm³/mol. The minimum absolute atomic E-state index is 0.0234. The van der Waals surface area contributed by atoms with E-state index in [1.807, 2.05) is 0 Å². The summed E-state index contributed by atoms with van der Waals surface area (Å²) in [6.07, 6.45) is 1.45. The van der Waals surface area contributed by atoms with Crippen LogP contribution in [0.25, 0.3) is 0 Å². The quantitative estimate of drug-likeness (QED) is 0.732. The van der Waals surface area contributed by atoms with Crippen LogP contribution in [-0.2, 0) is 5.60 Å². The Bertz CT molecular complexity index is 629. The highest BCUT2D eigenvalue weighted by Crippen LogP contribution is 2.20. The average Bonchev–Trinajstić information content (AvgIpc) is 3.07. The predicted octanol–water partition coefficient (Wildman–Crippen LogP) is 2.66. The molecule has 0 saturated carbocycles. The fourth-order valence-electron chi connectivity index (χ4n) is 1.92. The molecule has 7 heteroatoms. The summed E-state index contributed by atoms with van der Waals surface area (Å²) in [7, 11) is 0. The maximum Gasteiger partial charge on any atom is 0.319 e. The third-order valence-electron chi connectivity index (χ3n) is 3.08. The Morgan fingerprint density at radius 1 is 1.39 bits per heavy atom. The number of amides is 2. The number of carbonyl (C=O) groups is 1. The zero-order valence-electron chi connectivity index (χ0n) is 12.7. The smallest absolute Gasteiger partial charge is 0.319 e. The number of furan rings is 1. The van der Waals surface area contributed by atoms with Crippen molar-refractivity contribution in [3.05, 3.63) is 48.4 Å². The molecule has 0 radical (unpaired) electrons. The molecule has 1 heterocycles. The number of hydrogen-bond donors (Lipinski definition) is 3. The van der Waals surface area contributed by atoms with Crippen LogP contribution in [0.3, 0.4) is 0 Å². The first kappa shape index (κ1) is 16.8. The van der Waals surface area contributed by atoms with Crippen LogP contribution >= 0.6 is 0 Å². The van der Waals surface area contributed by atoms with Gasteiger partial charge in [-0.3, -0.25) is 0 Å². The van der Waals surface area contributed by atoms with E-state index >= 15 is 0 Å². The number of urea groups is 1. The third-order valence-corrected chi connectivity index (χ3v) is 3.08. The van der Waals surface area contributed by atoms with Gasteiger partial charge in [0.1, 0.15) is 30.4 Å². The molecule has 0 bridgehead atoms. The van der Waals surface area contributed by atoms with E-state index in [4.69, 9.17) is 9.15 Å². The van der Waals surface area contributed by atoms with Gasteiger partial charge in [-0.05, 0) is 31.2 Å². The number of benzene rings is 1. The molecule has 0 saturated heterocycles. The highest BCUT2D eigenvalue weighted by Gasteiger charge is 2.26. The molecule has 0 spiro atoms. The molecule has 0 aliphatic carbocycles. The van der Waals surface area contributed by atoms with Crippen molar-refractivity contribution < 1.29 is 23.4 Å². The Morgan fingerprint density at radius 2 is 2.22 bits per heavy atom. The van der Waals surface area contributed by atoms with Crippen molar-refractivity contribution in [2.45, 2.75) is 12.5 Å². The average molecular weight is 322 g/mol. The third kappa shape index (κ3) is 5.00. The highest BCUT2D eigenvalue weighted by atomic mass is 19.1. The Balaban J connectivity index is 1.87. The van der Waals surface area contributed by atoms with Crippen LogP contribution in [-0.4, -0.2) is 31.0 Å². The summed E-state index contributed by atoms with van der Waals surface area (Å²) in [4.78, 5) is 11.9. The summed E-state index contributed by atoms with van der Waals surface area (Å²) in [5.74, 6) is 0.822. The van der Waals surface area contributed by atoms with Crippen LogP contribution in [0.2, 0.25) is 0 Å². The summed E-state index contributed by atoms with van der Waals surface area (Å²) in [5, 5.41) is 15.4. The Labute approximate surface area is 133 Å². The van der Waals surface area contributed by atoms with E-state index in [0.29, 0.717) is 17.2 Å². The van der Waals surface area contributed by atoms with Crippen molar-refractivity contribution in [2.75, 3.05) is 25.1 Å². The van der Waals surface area contributed by atoms with Crippen molar-refractivity contribution in [3.63, 3.8) is 0 Å². The molecular weight excluding hydrogens is 303 g/mol. The Kier molecular flexibility index (Phi) is 5.59. The summed E-state index contributed by atoms with van der Waals surface area (Å²) in [6, 6.07) is 9.41. The van der Waals surface area contributed by atoms with E-state index in [9.17, 15) is 14.3 Å². The van der Waals surface area contributed by atoms with Crippen LogP contribution < -0.4 is 15.4 Å². The number of ether oxygens (including phenoxy) is 1. The van der Waals surface area contributed by atoms with Crippen LogP contribution in [0, 0.1) is 0 Å². The van der Waals surface area contributed by atoms with Gasteiger partial charge in [-0.25, -0.2) is 9.18 Å². The van der Waals surface area contributed by atoms with E-state index < -0.39 is 18.3 Å². The molecule has 1 aromatic carbocycles. The zero-order chi connectivity index (χ0) is 16.7. The van der Waals surface area contributed by atoms with Crippen molar-refractivity contribution in [1.29, 1.82) is 0 Å². The molecule has 2 rings (SSSR count). The minimum atomic E-state index is -1.31. The molecule has 0 fully saturated rings. The number of nitrogens with one attached hydrogen (secondary N) is 2. The largest absolute Gasteiger partial charge is 0.491 e. The van der Waals surface area contributed by atoms with E-state index in [2.05, 4.69) is 10.6 Å². The van der Waals surface area contributed by atoms with Gasteiger partial charge in [-0.15, -0.1) is 0 Å². The standard InChI is InChI=1S/C16H19FN2O4/c1-16(21,14-6-3-8-23-14)11-18-15(20)19-12-4-2-5-13(10-12)22-9-7-17/h2-6,8,10,21H,7,9,11H2,1H3,(H2,18,19,20). The molecule has 6 nitrogen and oxygen atoms in total. The number of anilines is 1. The first-order valence-corrected chi connectivity index (χ1v) is 7.11. The molecule has 2 amide bonds. The first-order chi connectivity index (χ1) is 11.0. The molecule has 0 aliphatic rings. The second kappa shape index (κ2) is 7.64. The fourth-order valence-corrected chi connectivity index (χ4v) is 1.92. The normalized spacial score (nSPS) is 13.2. The van der Waals surface area contributed by atoms with Gasteiger partial charge >= 0.3 is 6.03 Å². The number of hydrogen-bond acceptors (Lipinski definition) is 4. The molecule has 2 aromatic rings. The summed E-state index contributed by atoms with van der Waals surface area (Å²) in [5.41, 5.74) is -0.816. The molecule has 124 valence electrons. The van der Waals surface area contributed by atoms with Crippen molar-refractivity contribution in [1.82, 2.24) is 5.32 Å².